The zero-order valence-electron chi connectivity index (χ0n) is 14.9. The van der Waals surface area contributed by atoms with Gasteiger partial charge in [0.05, 0.1) is 34.3 Å². The summed E-state index contributed by atoms with van der Waals surface area (Å²) in [5, 5.41) is 18.4. The van der Waals surface area contributed by atoms with Crippen LogP contribution in [0, 0.1) is 0 Å². The minimum Gasteiger partial charge on any atom is -0.478 e. The molecule has 0 saturated heterocycles. The first-order valence-electron chi connectivity index (χ1n) is 8.52. The molecule has 0 spiro atoms. The van der Waals surface area contributed by atoms with Crippen molar-refractivity contribution in [3.63, 3.8) is 0 Å². The number of carboxylic acids is 2. The van der Waals surface area contributed by atoms with E-state index in [-0.39, 0.29) is 17.2 Å². The number of thioether (sulfide) groups is 1. The van der Waals surface area contributed by atoms with Gasteiger partial charge >= 0.3 is 11.9 Å². The minimum absolute atomic E-state index is 0.106. The third-order valence-electron chi connectivity index (χ3n) is 4.59. The van der Waals surface area contributed by atoms with Crippen LogP contribution in [0.15, 0.2) is 75.5 Å². The number of fused-ring (bicyclic) bond motifs is 2. The Morgan fingerprint density at radius 2 is 1.75 bits per heavy atom. The van der Waals surface area contributed by atoms with Crippen molar-refractivity contribution in [2.24, 2.45) is 4.99 Å². The molecule has 0 radical (unpaired) electrons. The van der Waals surface area contributed by atoms with Crippen molar-refractivity contribution < 1.29 is 19.8 Å². The Labute approximate surface area is 165 Å². The maximum Gasteiger partial charge on any atom is 0.335 e. The highest BCUT2D eigenvalue weighted by Gasteiger charge is 2.28. The number of nitrogens with zero attached hydrogens (tertiary/aromatic N) is 2. The SMILES string of the molecule is CN1c2ccccc2SC2=C/C(=N/c3cc(C(=O)O)cc(C(=O)O)c3)C=CC21. The highest BCUT2D eigenvalue weighted by Crippen LogP contribution is 2.44. The third-order valence-corrected chi connectivity index (χ3v) is 5.75. The summed E-state index contributed by atoms with van der Waals surface area (Å²) in [7, 11) is 2.04. The van der Waals surface area contributed by atoms with E-state index in [1.807, 2.05) is 37.4 Å². The van der Waals surface area contributed by atoms with E-state index in [9.17, 15) is 19.8 Å². The zero-order valence-corrected chi connectivity index (χ0v) is 15.7. The van der Waals surface area contributed by atoms with Gasteiger partial charge in [0.25, 0.3) is 0 Å². The van der Waals surface area contributed by atoms with Gasteiger partial charge in [0, 0.05) is 16.8 Å². The van der Waals surface area contributed by atoms with Gasteiger partial charge in [-0.15, -0.1) is 0 Å². The van der Waals surface area contributed by atoms with Crippen LogP contribution in [0.3, 0.4) is 0 Å². The van der Waals surface area contributed by atoms with Crippen LogP contribution in [0.5, 0.6) is 0 Å². The van der Waals surface area contributed by atoms with Crippen molar-refractivity contribution in [2.75, 3.05) is 11.9 Å². The number of anilines is 1. The molecular weight excluding hydrogens is 376 g/mol. The molecule has 0 amide bonds. The topological polar surface area (TPSA) is 90.2 Å². The summed E-state index contributed by atoms with van der Waals surface area (Å²) in [4.78, 5) is 31.5. The van der Waals surface area contributed by atoms with Gasteiger partial charge in [0.1, 0.15) is 0 Å². The Morgan fingerprint density at radius 3 is 2.43 bits per heavy atom. The zero-order chi connectivity index (χ0) is 19.8. The molecule has 2 aromatic rings. The molecule has 0 saturated carbocycles. The maximum absolute atomic E-state index is 11.3. The summed E-state index contributed by atoms with van der Waals surface area (Å²) in [5.41, 5.74) is 1.89. The molecule has 6 nitrogen and oxygen atoms in total. The normalized spacial score (nSPS) is 19.0. The maximum atomic E-state index is 11.3. The molecule has 1 unspecified atom stereocenters. The number of hydrogen-bond donors (Lipinski definition) is 2. The smallest absolute Gasteiger partial charge is 0.335 e. The fourth-order valence-corrected chi connectivity index (χ4v) is 4.48. The molecular formula is C21H16N2O4S. The van der Waals surface area contributed by atoms with E-state index in [0.29, 0.717) is 11.4 Å². The summed E-state index contributed by atoms with van der Waals surface area (Å²) in [6, 6.07) is 12.1. The molecule has 7 heteroatoms. The predicted octanol–water partition coefficient (Wildman–Crippen LogP) is 4.22. The molecule has 2 aromatic carbocycles. The Kier molecular flexibility index (Phi) is 4.52. The molecule has 2 N–H and O–H groups in total. The quantitative estimate of drug-likeness (QED) is 0.813. The van der Waals surface area contributed by atoms with Crippen LogP contribution in [0.4, 0.5) is 11.4 Å². The Balaban J connectivity index is 1.72. The molecule has 1 heterocycles. The molecule has 1 aliphatic carbocycles. The van der Waals surface area contributed by atoms with E-state index in [0.717, 1.165) is 15.9 Å². The molecule has 1 aliphatic heterocycles. The lowest BCUT2D eigenvalue weighted by Gasteiger charge is -2.37. The van der Waals surface area contributed by atoms with Gasteiger partial charge in [0.2, 0.25) is 0 Å². The third kappa shape index (κ3) is 3.32. The van der Waals surface area contributed by atoms with Crippen molar-refractivity contribution in [1.29, 1.82) is 0 Å². The number of carbonyl (C=O) groups is 2. The number of benzene rings is 2. The molecule has 28 heavy (non-hydrogen) atoms. The first kappa shape index (κ1) is 18.1. The predicted molar refractivity (Wildman–Crippen MR) is 109 cm³/mol. The summed E-state index contributed by atoms with van der Waals surface area (Å²) < 4.78 is 0. The largest absolute Gasteiger partial charge is 0.478 e. The second-order valence-electron chi connectivity index (χ2n) is 6.45. The number of likely N-dealkylation sites (N-methyl/N-ethyl adjacent to an activating group) is 1. The number of allylic oxidation sites excluding steroid dienone is 2. The van der Waals surface area contributed by atoms with Gasteiger partial charge in [0.15, 0.2) is 0 Å². The average Bonchev–Trinajstić information content (AvgIpc) is 2.67. The average molecular weight is 392 g/mol. The lowest BCUT2D eigenvalue weighted by molar-refractivity contribution is 0.0696. The van der Waals surface area contributed by atoms with Crippen molar-refractivity contribution in [3.05, 3.63) is 76.7 Å². The number of rotatable bonds is 3. The van der Waals surface area contributed by atoms with E-state index in [1.54, 1.807) is 11.8 Å². The van der Waals surface area contributed by atoms with Gasteiger partial charge in [-0.25, -0.2) is 14.6 Å². The highest BCUT2D eigenvalue weighted by atomic mass is 32.2. The number of para-hydroxylation sites is 1. The molecule has 0 bridgehead atoms. The van der Waals surface area contributed by atoms with Crippen LogP contribution in [0.25, 0.3) is 0 Å². The summed E-state index contributed by atoms with van der Waals surface area (Å²) in [6.45, 7) is 0. The first-order chi connectivity index (χ1) is 13.4. The van der Waals surface area contributed by atoms with E-state index in [2.05, 4.69) is 22.0 Å². The van der Waals surface area contributed by atoms with Crippen LogP contribution in [-0.2, 0) is 0 Å². The number of aliphatic imine (C=N–C) groups is 1. The van der Waals surface area contributed by atoms with Gasteiger partial charge in [-0.05, 0) is 42.5 Å². The van der Waals surface area contributed by atoms with Gasteiger partial charge < -0.3 is 15.1 Å². The van der Waals surface area contributed by atoms with Crippen molar-refractivity contribution in [1.82, 2.24) is 0 Å². The van der Waals surface area contributed by atoms with E-state index in [1.165, 1.54) is 17.8 Å². The van der Waals surface area contributed by atoms with E-state index < -0.39 is 11.9 Å². The number of aromatic carboxylic acids is 2. The standard InChI is InChI=1S/C21H16N2O4S/c1-23-16-4-2-3-5-18(16)28-19-11-14(6-7-17(19)23)22-15-9-12(20(24)25)8-13(10-15)21(26)27/h2-11,17H,1H3,(H,24,25)(H,26,27)/b22-14+. The second-order valence-corrected chi connectivity index (χ2v) is 7.56. The minimum atomic E-state index is -1.19. The fourth-order valence-electron chi connectivity index (χ4n) is 3.23. The van der Waals surface area contributed by atoms with Crippen LogP contribution in [0.1, 0.15) is 20.7 Å². The van der Waals surface area contributed by atoms with Gasteiger partial charge in [-0.1, -0.05) is 30.0 Å². The van der Waals surface area contributed by atoms with Gasteiger partial charge in [-0.2, -0.15) is 0 Å². The van der Waals surface area contributed by atoms with Crippen LogP contribution in [-0.4, -0.2) is 41.0 Å². The second kappa shape index (κ2) is 7.01. The number of carboxylic acid groups (broad SMARTS) is 2. The lowest BCUT2D eigenvalue weighted by Crippen LogP contribution is -2.35. The van der Waals surface area contributed by atoms with Crippen molar-refractivity contribution in [2.45, 2.75) is 10.9 Å². The molecule has 0 aromatic heterocycles. The Morgan fingerprint density at radius 1 is 1.07 bits per heavy atom. The van der Waals surface area contributed by atoms with E-state index in [4.69, 9.17) is 0 Å². The van der Waals surface area contributed by atoms with E-state index >= 15 is 0 Å². The molecule has 140 valence electrons. The highest BCUT2D eigenvalue weighted by molar-refractivity contribution is 8.03. The molecule has 1 atom stereocenters. The van der Waals surface area contributed by atoms with Gasteiger partial charge in [-0.3, -0.25) is 0 Å². The molecule has 2 aliphatic rings. The van der Waals surface area contributed by atoms with Crippen LogP contribution >= 0.6 is 11.8 Å². The summed E-state index contributed by atoms with van der Waals surface area (Å²) in [6.07, 6.45) is 5.86. The van der Waals surface area contributed by atoms with Crippen LogP contribution in [0.2, 0.25) is 0 Å². The summed E-state index contributed by atoms with van der Waals surface area (Å²) in [5.74, 6) is -2.38. The van der Waals surface area contributed by atoms with Crippen LogP contribution < -0.4 is 4.90 Å². The molecule has 4 rings (SSSR count). The Hall–Kier alpha value is -3.32. The fraction of sp³-hybridized carbons (Fsp3) is 0.0952. The Bertz CT molecular complexity index is 1060. The summed E-state index contributed by atoms with van der Waals surface area (Å²) >= 11 is 1.67. The monoisotopic (exact) mass is 392 g/mol. The number of hydrogen-bond acceptors (Lipinski definition) is 5. The lowest BCUT2D eigenvalue weighted by atomic mass is 10.1. The van der Waals surface area contributed by atoms with Crippen molar-refractivity contribution >= 4 is 40.8 Å². The molecule has 0 fully saturated rings. The first-order valence-corrected chi connectivity index (χ1v) is 9.34. The van der Waals surface area contributed by atoms with Crippen molar-refractivity contribution in [3.8, 4) is 0 Å².